The summed E-state index contributed by atoms with van der Waals surface area (Å²) in [5.41, 5.74) is 11.3. The Morgan fingerprint density at radius 3 is 2.58 bits per heavy atom. The molecule has 0 N–H and O–H groups in total. The van der Waals surface area contributed by atoms with E-state index in [9.17, 15) is 4.79 Å². The Balaban J connectivity index is 2.49. The van der Waals surface area contributed by atoms with Crippen LogP contribution in [0.3, 0.4) is 0 Å². The van der Waals surface area contributed by atoms with Gasteiger partial charge in [0.1, 0.15) is 0 Å². The highest BCUT2D eigenvalue weighted by Gasteiger charge is 2.15. The number of hydrogen-bond donors (Lipinski definition) is 0. The van der Waals surface area contributed by atoms with E-state index >= 15 is 0 Å². The minimum Gasteiger partial charge on any atom is -0.289 e. The maximum absolute atomic E-state index is 12.5. The van der Waals surface area contributed by atoms with Crippen LogP contribution in [0.5, 0.6) is 0 Å². The van der Waals surface area contributed by atoms with E-state index in [1.54, 1.807) is 12.1 Å². The van der Waals surface area contributed by atoms with Gasteiger partial charge in [-0.3, -0.25) is 4.79 Å². The Hall–Kier alpha value is -2.58. The zero-order chi connectivity index (χ0) is 13.7. The summed E-state index contributed by atoms with van der Waals surface area (Å²) in [6.07, 6.45) is 0. The lowest BCUT2D eigenvalue weighted by Gasteiger charge is -2.10. The molecule has 4 heteroatoms. The second-order valence-corrected chi connectivity index (χ2v) is 4.19. The summed E-state index contributed by atoms with van der Waals surface area (Å²) in [5, 5.41) is 3.55. The molecule has 0 heterocycles. The van der Waals surface area contributed by atoms with Crippen molar-refractivity contribution >= 4 is 5.78 Å². The number of ketones is 1. The van der Waals surface area contributed by atoms with Crippen molar-refractivity contribution < 1.29 is 4.79 Å². The molecule has 0 aromatic heterocycles. The van der Waals surface area contributed by atoms with Crippen molar-refractivity contribution in [2.75, 3.05) is 0 Å². The minimum atomic E-state index is -0.0400. The Labute approximate surface area is 111 Å². The van der Waals surface area contributed by atoms with Crippen LogP contribution in [0.25, 0.3) is 10.4 Å². The third-order valence-electron chi connectivity index (χ3n) is 2.93. The van der Waals surface area contributed by atoms with E-state index in [1.807, 2.05) is 43.3 Å². The molecule has 0 radical (unpaired) electrons. The zero-order valence-electron chi connectivity index (χ0n) is 10.6. The Morgan fingerprint density at radius 1 is 1.16 bits per heavy atom. The molecule has 0 amide bonds. The molecule has 2 aromatic rings. The molecule has 2 rings (SSSR count). The predicted molar refractivity (Wildman–Crippen MR) is 73.9 cm³/mol. The molecular weight excluding hydrogens is 238 g/mol. The highest BCUT2D eigenvalue weighted by atomic mass is 16.1. The fourth-order valence-corrected chi connectivity index (χ4v) is 2.03. The summed E-state index contributed by atoms with van der Waals surface area (Å²) >= 11 is 0. The van der Waals surface area contributed by atoms with Crippen molar-refractivity contribution in [1.29, 1.82) is 0 Å². The van der Waals surface area contributed by atoms with Crippen LogP contribution in [0.4, 0.5) is 0 Å². The first-order valence-electron chi connectivity index (χ1n) is 5.93. The summed E-state index contributed by atoms with van der Waals surface area (Å²) in [5.74, 6) is -0.0400. The van der Waals surface area contributed by atoms with Gasteiger partial charge in [0.25, 0.3) is 0 Å². The largest absolute Gasteiger partial charge is 0.289 e. The average molecular weight is 251 g/mol. The van der Waals surface area contributed by atoms with E-state index in [4.69, 9.17) is 5.53 Å². The molecule has 0 aliphatic heterocycles. The van der Waals surface area contributed by atoms with E-state index in [0.29, 0.717) is 11.1 Å². The maximum Gasteiger partial charge on any atom is 0.193 e. The number of carbonyl (C=O) groups is 1. The molecule has 0 saturated carbocycles. The topological polar surface area (TPSA) is 65.8 Å². The smallest absolute Gasteiger partial charge is 0.193 e. The fraction of sp³-hybridized carbons (Fsp3) is 0.133. The van der Waals surface area contributed by atoms with Gasteiger partial charge < -0.3 is 0 Å². The lowest BCUT2D eigenvalue weighted by Crippen LogP contribution is -2.07. The third kappa shape index (κ3) is 2.81. The first kappa shape index (κ1) is 12.9. The molecule has 0 saturated heterocycles. The monoisotopic (exact) mass is 251 g/mol. The lowest BCUT2D eigenvalue weighted by atomic mass is 9.94. The summed E-state index contributed by atoms with van der Waals surface area (Å²) in [7, 11) is 0. The molecule has 0 bridgehead atoms. The number of hydrogen-bond acceptors (Lipinski definition) is 2. The fourth-order valence-electron chi connectivity index (χ4n) is 2.03. The summed E-state index contributed by atoms with van der Waals surface area (Å²) < 4.78 is 0. The molecule has 2 aromatic carbocycles. The van der Waals surface area contributed by atoms with Crippen LogP contribution in [0.15, 0.2) is 53.6 Å². The lowest BCUT2D eigenvalue weighted by molar-refractivity contribution is 0.103. The van der Waals surface area contributed by atoms with Gasteiger partial charge in [0.2, 0.25) is 0 Å². The van der Waals surface area contributed by atoms with Gasteiger partial charge in [0.05, 0.1) is 6.54 Å². The Kier molecular flexibility index (Phi) is 3.96. The number of azide groups is 1. The van der Waals surface area contributed by atoms with E-state index in [-0.39, 0.29) is 12.3 Å². The van der Waals surface area contributed by atoms with Gasteiger partial charge in [-0.05, 0) is 23.6 Å². The molecule has 0 aliphatic rings. The van der Waals surface area contributed by atoms with E-state index in [2.05, 4.69) is 10.0 Å². The van der Waals surface area contributed by atoms with Crippen molar-refractivity contribution in [2.24, 2.45) is 5.11 Å². The Morgan fingerprint density at radius 2 is 1.89 bits per heavy atom. The van der Waals surface area contributed by atoms with Crippen LogP contribution in [0, 0.1) is 6.92 Å². The summed E-state index contributed by atoms with van der Waals surface area (Å²) in [4.78, 5) is 15.3. The first-order valence-corrected chi connectivity index (χ1v) is 5.93. The molecule has 19 heavy (non-hydrogen) atoms. The van der Waals surface area contributed by atoms with Gasteiger partial charge in [-0.2, -0.15) is 0 Å². The van der Waals surface area contributed by atoms with Gasteiger partial charge in [0.15, 0.2) is 5.78 Å². The predicted octanol–water partition coefficient (Wildman–Crippen LogP) is 4.04. The van der Waals surface area contributed by atoms with Gasteiger partial charge >= 0.3 is 0 Å². The number of carbonyl (C=O) groups excluding carboxylic acids is 1. The zero-order valence-corrected chi connectivity index (χ0v) is 10.6. The van der Waals surface area contributed by atoms with Gasteiger partial charge in [-0.25, -0.2) is 0 Å². The number of rotatable bonds is 4. The minimum absolute atomic E-state index is 0.0400. The molecule has 0 unspecified atom stereocenters. The highest BCUT2D eigenvalue weighted by Crippen LogP contribution is 2.19. The molecule has 0 spiro atoms. The standard InChI is InChI=1S/C15H13N3O/c1-11-6-5-9-13(10-17-18-16)14(11)15(19)12-7-3-2-4-8-12/h2-9H,10H2,1H3. The molecule has 0 aliphatic carbocycles. The highest BCUT2D eigenvalue weighted by molar-refractivity contribution is 6.10. The normalized spacial score (nSPS) is 9.74. The van der Waals surface area contributed by atoms with Gasteiger partial charge in [-0.15, -0.1) is 0 Å². The van der Waals surface area contributed by atoms with Crippen LogP contribution < -0.4 is 0 Å². The van der Waals surface area contributed by atoms with Crippen molar-refractivity contribution in [2.45, 2.75) is 13.5 Å². The van der Waals surface area contributed by atoms with E-state index in [0.717, 1.165) is 11.1 Å². The molecule has 94 valence electrons. The molecule has 0 fully saturated rings. The number of aryl methyl sites for hydroxylation is 1. The molecule has 4 nitrogen and oxygen atoms in total. The van der Waals surface area contributed by atoms with Crippen molar-refractivity contribution in [3.05, 3.63) is 81.2 Å². The average Bonchev–Trinajstić information content (AvgIpc) is 2.45. The van der Waals surface area contributed by atoms with Crippen LogP contribution in [0.1, 0.15) is 27.0 Å². The molecular formula is C15H13N3O. The summed E-state index contributed by atoms with van der Waals surface area (Å²) in [6, 6.07) is 14.7. The van der Waals surface area contributed by atoms with Crippen LogP contribution in [-0.4, -0.2) is 5.78 Å². The number of nitrogens with zero attached hydrogens (tertiary/aromatic N) is 3. The van der Waals surface area contributed by atoms with Crippen molar-refractivity contribution in [1.82, 2.24) is 0 Å². The quantitative estimate of drug-likeness (QED) is 0.350. The number of benzene rings is 2. The van der Waals surface area contributed by atoms with Gasteiger partial charge in [-0.1, -0.05) is 53.6 Å². The van der Waals surface area contributed by atoms with Crippen LogP contribution >= 0.6 is 0 Å². The third-order valence-corrected chi connectivity index (χ3v) is 2.93. The Bertz CT molecular complexity index is 644. The molecule has 0 atom stereocenters. The van der Waals surface area contributed by atoms with Gasteiger partial charge in [0, 0.05) is 16.0 Å². The van der Waals surface area contributed by atoms with Crippen molar-refractivity contribution in [3.63, 3.8) is 0 Å². The second kappa shape index (κ2) is 5.85. The van der Waals surface area contributed by atoms with Crippen molar-refractivity contribution in [3.8, 4) is 0 Å². The van der Waals surface area contributed by atoms with E-state index < -0.39 is 0 Å². The van der Waals surface area contributed by atoms with Crippen LogP contribution in [-0.2, 0) is 6.54 Å². The second-order valence-electron chi connectivity index (χ2n) is 4.19. The first-order chi connectivity index (χ1) is 9.24. The SMILES string of the molecule is Cc1cccc(CN=[N+]=[N-])c1C(=O)c1ccccc1. The summed E-state index contributed by atoms with van der Waals surface area (Å²) in [6.45, 7) is 2.07. The maximum atomic E-state index is 12.5. The van der Waals surface area contributed by atoms with Crippen LogP contribution in [0.2, 0.25) is 0 Å². The van der Waals surface area contributed by atoms with E-state index in [1.165, 1.54) is 0 Å².